The largest absolute Gasteiger partial charge is 0.376 e. The third-order valence-corrected chi connectivity index (χ3v) is 4.44. The van der Waals surface area contributed by atoms with Gasteiger partial charge in [-0.3, -0.25) is 14.4 Å². The molecule has 0 bridgehead atoms. The van der Waals surface area contributed by atoms with E-state index in [0.29, 0.717) is 28.2 Å². The second-order valence-electron chi connectivity index (χ2n) is 6.70. The van der Waals surface area contributed by atoms with Crippen LogP contribution in [0.15, 0.2) is 78.9 Å². The first-order chi connectivity index (χ1) is 15.6. The standard InChI is InChI=1S/C25H22N4O3/c1-2-16-26-24(31)19-12-6-8-14-21(19)27-17-23(30)29-22-15-9-7-13-20(22)25(32)28-18-10-4-3-5-11-18/h1,3-15,27H,16-17H2,(H,26,31)(H,28,32)(H,29,30). The molecule has 0 saturated heterocycles. The number of carbonyl (C=O) groups is 3. The minimum Gasteiger partial charge on any atom is -0.376 e. The van der Waals surface area contributed by atoms with Gasteiger partial charge < -0.3 is 21.3 Å². The number of amides is 3. The van der Waals surface area contributed by atoms with Crippen LogP contribution in [0.4, 0.5) is 17.1 Å². The summed E-state index contributed by atoms with van der Waals surface area (Å²) in [6.45, 7) is 0.00353. The third-order valence-electron chi connectivity index (χ3n) is 4.44. The summed E-state index contributed by atoms with van der Waals surface area (Å²) in [5.74, 6) is 1.30. The zero-order valence-electron chi connectivity index (χ0n) is 17.2. The van der Waals surface area contributed by atoms with Crippen molar-refractivity contribution in [2.24, 2.45) is 0 Å². The normalized spacial score (nSPS) is 9.84. The Morgan fingerprint density at radius 1 is 0.719 bits per heavy atom. The van der Waals surface area contributed by atoms with Crippen molar-refractivity contribution < 1.29 is 14.4 Å². The van der Waals surface area contributed by atoms with E-state index in [-0.39, 0.29) is 30.8 Å². The number of nitrogens with one attached hydrogen (secondary N) is 4. The molecule has 0 aromatic heterocycles. The van der Waals surface area contributed by atoms with Gasteiger partial charge in [-0.15, -0.1) is 6.42 Å². The first-order valence-corrected chi connectivity index (χ1v) is 9.88. The van der Waals surface area contributed by atoms with Gasteiger partial charge in [0.25, 0.3) is 11.8 Å². The number of benzene rings is 3. The molecule has 3 amide bonds. The van der Waals surface area contributed by atoms with Gasteiger partial charge in [0, 0.05) is 11.4 Å². The van der Waals surface area contributed by atoms with Crippen LogP contribution in [0, 0.1) is 12.3 Å². The zero-order chi connectivity index (χ0) is 22.8. The highest BCUT2D eigenvalue weighted by Gasteiger charge is 2.15. The molecule has 0 aliphatic rings. The van der Waals surface area contributed by atoms with Crippen molar-refractivity contribution in [3.8, 4) is 12.3 Å². The average Bonchev–Trinajstić information content (AvgIpc) is 2.82. The molecule has 0 unspecified atom stereocenters. The summed E-state index contributed by atoms with van der Waals surface area (Å²) in [6, 6.07) is 22.6. The smallest absolute Gasteiger partial charge is 0.257 e. The van der Waals surface area contributed by atoms with Crippen molar-refractivity contribution in [3.63, 3.8) is 0 Å². The van der Waals surface area contributed by atoms with Crippen molar-refractivity contribution in [3.05, 3.63) is 90.0 Å². The van der Waals surface area contributed by atoms with Crippen LogP contribution in [0.25, 0.3) is 0 Å². The van der Waals surface area contributed by atoms with Crippen molar-refractivity contribution in [1.29, 1.82) is 0 Å². The lowest BCUT2D eigenvalue weighted by atomic mass is 10.1. The molecular formula is C25H22N4O3. The number of anilines is 3. The van der Waals surface area contributed by atoms with Crippen LogP contribution >= 0.6 is 0 Å². The molecule has 0 atom stereocenters. The summed E-state index contributed by atoms with van der Waals surface area (Å²) in [5, 5.41) is 11.1. The van der Waals surface area contributed by atoms with Crippen LogP contribution in [-0.2, 0) is 4.79 Å². The molecular weight excluding hydrogens is 404 g/mol. The molecule has 0 fully saturated rings. The van der Waals surface area contributed by atoms with E-state index in [1.807, 2.05) is 18.2 Å². The number of hydrogen-bond donors (Lipinski definition) is 4. The van der Waals surface area contributed by atoms with E-state index in [9.17, 15) is 14.4 Å². The average molecular weight is 426 g/mol. The Hall–Kier alpha value is -4.57. The Kier molecular flexibility index (Phi) is 7.60. The lowest BCUT2D eigenvalue weighted by Gasteiger charge is -2.14. The van der Waals surface area contributed by atoms with E-state index in [2.05, 4.69) is 27.2 Å². The maximum Gasteiger partial charge on any atom is 0.257 e. The second-order valence-corrected chi connectivity index (χ2v) is 6.70. The third kappa shape index (κ3) is 5.97. The van der Waals surface area contributed by atoms with Crippen LogP contribution in [-0.4, -0.2) is 30.8 Å². The molecule has 0 radical (unpaired) electrons. The molecule has 3 aromatic rings. The number of rotatable bonds is 8. The molecule has 3 aromatic carbocycles. The Labute approximate surface area is 186 Å². The molecule has 0 saturated carbocycles. The predicted octanol–water partition coefficient (Wildman–Crippen LogP) is 3.35. The van der Waals surface area contributed by atoms with Gasteiger partial charge in [0.2, 0.25) is 5.91 Å². The summed E-state index contributed by atoms with van der Waals surface area (Å²) >= 11 is 0. The van der Waals surface area contributed by atoms with Gasteiger partial charge in [-0.25, -0.2) is 0 Å². The van der Waals surface area contributed by atoms with E-state index < -0.39 is 0 Å². The highest BCUT2D eigenvalue weighted by molar-refractivity contribution is 6.10. The minimum absolute atomic E-state index is 0.103. The van der Waals surface area contributed by atoms with Gasteiger partial charge in [-0.2, -0.15) is 0 Å². The van der Waals surface area contributed by atoms with E-state index in [0.717, 1.165) is 0 Å². The van der Waals surface area contributed by atoms with Crippen molar-refractivity contribution >= 4 is 34.8 Å². The van der Waals surface area contributed by atoms with Gasteiger partial charge in [-0.1, -0.05) is 48.4 Å². The summed E-state index contributed by atoms with van der Waals surface area (Å²) < 4.78 is 0. The van der Waals surface area contributed by atoms with E-state index in [4.69, 9.17) is 6.42 Å². The quantitative estimate of drug-likeness (QED) is 0.415. The Bertz CT molecular complexity index is 1150. The maximum atomic E-state index is 12.7. The molecule has 7 heteroatoms. The monoisotopic (exact) mass is 426 g/mol. The van der Waals surface area contributed by atoms with Gasteiger partial charge in [0.15, 0.2) is 0 Å². The van der Waals surface area contributed by atoms with Gasteiger partial charge in [-0.05, 0) is 36.4 Å². The first-order valence-electron chi connectivity index (χ1n) is 9.88. The molecule has 160 valence electrons. The maximum absolute atomic E-state index is 12.7. The lowest BCUT2D eigenvalue weighted by molar-refractivity contribution is -0.114. The molecule has 0 spiro atoms. The van der Waals surface area contributed by atoms with Gasteiger partial charge in [0.1, 0.15) is 0 Å². The predicted molar refractivity (Wildman–Crippen MR) is 126 cm³/mol. The van der Waals surface area contributed by atoms with E-state index in [1.54, 1.807) is 60.7 Å². The van der Waals surface area contributed by atoms with Crippen molar-refractivity contribution in [2.75, 3.05) is 29.0 Å². The zero-order valence-corrected chi connectivity index (χ0v) is 17.2. The van der Waals surface area contributed by atoms with Crippen LogP contribution in [0.2, 0.25) is 0 Å². The van der Waals surface area contributed by atoms with Crippen LogP contribution in [0.3, 0.4) is 0 Å². The first kappa shape index (κ1) is 22.1. The number of terminal acetylenes is 1. The fourth-order valence-corrected chi connectivity index (χ4v) is 2.94. The summed E-state index contributed by atoms with van der Waals surface area (Å²) in [7, 11) is 0. The molecule has 0 heterocycles. The molecule has 3 rings (SSSR count). The Morgan fingerprint density at radius 3 is 2.00 bits per heavy atom. The molecule has 0 aliphatic carbocycles. The van der Waals surface area contributed by atoms with E-state index in [1.165, 1.54) is 0 Å². The SMILES string of the molecule is C#CCNC(=O)c1ccccc1NCC(=O)Nc1ccccc1C(=O)Nc1ccccc1. The lowest BCUT2D eigenvalue weighted by Crippen LogP contribution is -2.27. The highest BCUT2D eigenvalue weighted by Crippen LogP contribution is 2.18. The van der Waals surface area contributed by atoms with Crippen LogP contribution in [0.1, 0.15) is 20.7 Å². The highest BCUT2D eigenvalue weighted by atomic mass is 16.2. The van der Waals surface area contributed by atoms with Crippen LogP contribution in [0.5, 0.6) is 0 Å². The van der Waals surface area contributed by atoms with Crippen molar-refractivity contribution in [2.45, 2.75) is 0 Å². The topological polar surface area (TPSA) is 99.3 Å². The van der Waals surface area contributed by atoms with Gasteiger partial charge in [0.05, 0.1) is 29.9 Å². The summed E-state index contributed by atoms with van der Waals surface area (Å²) in [5.41, 5.74) is 2.23. The van der Waals surface area contributed by atoms with Crippen molar-refractivity contribution in [1.82, 2.24) is 5.32 Å². The number of carbonyl (C=O) groups excluding carboxylic acids is 3. The Balaban J connectivity index is 1.65. The van der Waals surface area contributed by atoms with E-state index >= 15 is 0 Å². The van der Waals surface area contributed by atoms with Gasteiger partial charge >= 0.3 is 0 Å². The molecule has 7 nitrogen and oxygen atoms in total. The number of para-hydroxylation sites is 3. The Morgan fingerprint density at radius 2 is 1.31 bits per heavy atom. The molecule has 4 N–H and O–H groups in total. The molecule has 0 aliphatic heterocycles. The second kappa shape index (κ2) is 11.0. The number of hydrogen-bond acceptors (Lipinski definition) is 4. The fraction of sp³-hybridized carbons (Fsp3) is 0.0800. The van der Waals surface area contributed by atoms with Crippen LogP contribution < -0.4 is 21.3 Å². The summed E-state index contributed by atoms with van der Waals surface area (Å²) in [6.07, 6.45) is 5.18. The molecule has 32 heavy (non-hydrogen) atoms. The minimum atomic E-state index is -0.371. The summed E-state index contributed by atoms with van der Waals surface area (Å²) in [4.78, 5) is 37.4. The fourth-order valence-electron chi connectivity index (χ4n) is 2.94.